The normalized spacial score (nSPS) is 15.9. The summed E-state index contributed by atoms with van der Waals surface area (Å²) < 4.78 is 167. The maximum Gasteiger partial charge on any atom is 0.524 e. The maximum atomic E-state index is 15.9. The first-order valence-electron chi connectivity index (χ1n) is 27.8. The lowest BCUT2D eigenvalue weighted by Crippen LogP contribution is -2.43. The number of benzene rings is 4. The Morgan fingerprint density at radius 1 is 0.926 bits per heavy atom. The van der Waals surface area contributed by atoms with E-state index in [0.29, 0.717) is 17.0 Å². The van der Waals surface area contributed by atoms with Crippen LogP contribution in [0.2, 0.25) is 5.02 Å². The second-order valence-electron chi connectivity index (χ2n) is 23.1. The minimum Gasteiger partial charge on any atom is -0.481 e. The van der Waals surface area contributed by atoms with Crippen LogP contribution in [0, 0.1) is 24.5 Å². The molecular weight excluding hydrogens is 1330 g/mol. The number of nitrogens with one attached hydrogen (secondary N) is 2. The number of nitrogens with zero attached hydrogens (tertiary/aromatic N) is 9. The molecule has 0 saturated heterocycles. The highest BCUT2D eigenvalue weighted by molar-refractivity contribution is 7.92. The number of carboxylic acids is 2. The fourth-order valence-electron chi connectivity index (χ4n) is 12.0. The van der Waals surface area contributed by atoms with Crippen molar-refractivity contribution in [3.63, 3.8) is 0 Å². The largest absolute Gasteiger partial charge is 0.524 e. The van der Waals surface area contributed by atoms with Gasteiger partial charge in [0.1, 0.15) is 52.9 Å². The molecule has 0 radical (unpaired) electrons. The Kier molecular flexibility index (Phi) is 17.9. The van der Waals surface area contributed by atoms with E-state index in [1.807, 2.05) is 0 Å². The van der Waals surface area contributed by atoms with Crippen molar-refractivity contribution < 1.29 is 96.6 Å². The quantitative estimate of drug-likeness (QED) is 0.0260. The molecule has 4 aromatic heterocycles. The molecule has 4 aromatic carbocycles. The Morgan fingerprint density at radius 3 is 2.24 bits per heavy atom. The van der Waals surface area contributed by atoms with E-state index in [1.54, 1.807) is 0 Å². The summed E-state index contributed by atoms with van der Waals surface area (Å²) in [5, 5.41) is 30.5. The van der Waals surface area contributed by atoms with Crippen LogP contribution in [-0.2, 0) is 76.3 Å². The first-order chi connectivity index (χ1) is 43.8. The van der Waals surface area contributed by atoms with Crippen molar-refractivity contribution in [2.24, 2.45) is 13.0 Å². The molecule has 0 bridgehead atoms. The summed E-state index contributed by atoms with van der Waals surface area (Å²) in [6.45, 7) is 2.77. The number of carboxylic acid groups (broad SMARTS) is 2. The van der Waals surface area contributed by atoms with Crippen LogP contribution in [0.5, 0.6) is 5.75 Å². The average molecular weight is 1380 g/mol. The number of sulfonamides is 1. The number of aromatic nitrogens is 8. The van der Waals surface area contributed by atoms with Crippen LogP contribution in [0.4, 0.5) is 40.9 Å². The topological polar surface area (TPSA) is 350 Å². The summed E-state index contributed by atoms with van der Waals surface area (Å²) in [5.41, 5.74) is -7.56. The lowest BCUT2D eigenvalue weighted by molar-refractivity contribution is -0.147. The van der Waals surface area contributed by atoms with Gasteiger partial charge in [-0.3, -0.25) is 47.7 Å². The lowest BCUT2D eigenvalue weighted by atomic mass is 9.77. The van der Waals surface area contributed by atoms with E-state index in [9.17, 15) is 69.7 Å². The van der Waals surface area contributed by atoms with Crippen molar-refractivity contribution in [3.8, 4) is 22.8 Å². The predicted molar refractivity (Wildman–Crippen MR) is 315 cm³/mol. The van der Waals surface area contributed by atoms with E-state index in [4.69, 9.17) is 21.1 Å². The number of halogens is 9. The highest BCUT2D eigenvalue weighted by Crippen LogP contribution is 2.68. The predicted octanol–water partition coefficient (Wildman–Crippen LogP) is 8.07. The number of anilines is 1. The molecule has 1 fully saturated rings. The van der Waals surface area contributed by atoms with E-state index in [0.717, 1.165) is 45.8 Å². The van der Waals surface area contributed by atoms with Gasteiger partial charge in [0.2, 0.25) is 27.7 Å². The zero-order valence-electron chi connectivity index (χ0n) is 49.3. The van der Waals surface area contributed by atoms with E-state index >= 15 is 27.2 Å². The number of rotatable bonds is 23. The van der Waals surface area contributed by atoms with Gasteiger partial charge in [0.15, 0.2) is 11.6 Å². The zero-order valence-corrected chi connectivity index (χ0v) is 51.8. The zero-order chi connectivity index (χ0) is 68.7. The Balaban J connectivity index is 1.14. The summed E-state index contributed by atoms with van der Waals surface area (Å²) in [5.74, 6) is -17.8. The van der Waals surface area contributed by atoms with Gasteiger partial charge in [-0.1, -0.05) is 37.6 Å². The van der Waals surface area contributed by atoms with E-state index in [-0.39, 0.29) is 71.5 Å². The van der Waals surface area contributed by atoms with Crippen molar-refractivity contribution in [2.45, 2.75) is 102 Å². The molecule has 4 atom stereocenters. The molecule has 0 aliphatic heterocycles. The number of carbonyl (C=O) groups excluding carboxylic acids is 3. The molecule has 6 N–H and O–H groups in total. The van der Waals surface area contributed by atoms with Crippen LogP contribution in [0.25, 0.3) is 38.9 Å². The number of aryl methyl sites for hydroxylation is 2. The van der Waals surface area contributed by atoms with E-state index in [2.05, 4.69) is 30.8 Å². The Morgan fingerprint density at radius 2 is 1.62 bits per heavy atom. The van der Waals surface area contributed by atoms with Gasteiger partial charge >= 0.3 is 19.8 Å². The number of aliphatic carboxylic acids is 2. The second-order valence-corrected chi connectivity index (χ2v) is 26.5. The van der Waals surface area contributed by atoms with Crippen LogP contribution in [0.15, 0.2) is 77.7 Å². The number of phosphoric acid groups is 1. The molecule has 3 amide bonds. The Hall–Kier alpha value is -9.24. The van der Waals surface area contributed by atoms with Gasteiger partial charge in [-0.2, -0.15) is 23.3 Å². The molecule has 94 heavy (non-hydrogen) atoms. The number of carbonyl (C=O) groups is 5. The summed E-state index contributed by atoms with van der Waals surface area (Å²) in [6, 6.07) is 7.58. The molecular formula is C58H51ClF8N11O14PS. The third kappa shape index (κ3) is 13.5. The molecule has 4 heterocycles. The highest BCUT2D eigenvalue weighted by atomic mass is 35.5. The van der Waals surface area contributed by atoms with E-state index < -0.39 is 190 Å². The molecule has 2 aliphatic carbocycles. The number of hydrogen-bond donors (Lipinski definition) is 6. The van der Waals surface area contributed by atoms with Gasteiger partial charge in [0, 0.05) is 60.2 Å². The monoisotopic (exact) mass is 1380 g/mol. The third-order valence-corrected chi connectivity index (χ3v) is 17.4. The van der Waals surface area contributed by atoms with Gasteiger partial charge in [-0.05, 0) is 84.5 Å². The van der Waals surface area contributed by atoms with Gasteiger partial charge < -0.3 is 25.4 Å². The smallest absolute Gasteiger partial charge is 0.481 e. The number of phosphoric ester groups is 1. The van der Waals surface area contributed by atoms with E-state index in [1.165, 1.54) is 58.2 Å². The van der Waals surface area contributed by atoms with Crippen LogP contribution >= 0.6 is 19.4 Å². The molecule has 0 unspecified atom stereocenters. The summed E-state index contributed by atoms with van der Waals surface area (Å²) in [4.78, 5) is 115. The van der Waals surface area contributed by atoms with Crippen molar-refractivity contribution in [1.29, 1.82) is 0 Å². The summed E-state index contributed by atoms with van der Waals surface area (Å²) in [6.07, 6.45) is -8.60. The summed E-state index contributed by atoms with van der Waals surface area (Å²) >= 11 is 6.95. The highest BCUT2D eigenvalue weighted by Gasteiger charge is 2.67. The average Bonchev–Trinajstić information content (AvgIpc) is 1.52. The number of alkyl halides is 6. The minimum absolute atomic E-state index is 0.0184. The van der Waals surface area contributed by atoms with Gasteiger partial charge in [-0.15, -0.1) is 0 Å². The SMILES string of the molecule is Cc1cc(CC(=O)N[C@@H](CC(=O)O)C(=O)O)c(C(C)(C)CC(=O)N(c2nn(C)c3c(-n4c([C@H](Cc5cc(F)cc(F)c5)NC(=O)Cn5nc(C(F)F)c6c5C(F)(F)[C@@H]5C[C@H]65)nc5cc(-c6nccc(C(F)F)n6)ccc5c4=O)ccc(Cl)c23)S(C)(=O)=O)c(OP(=O)(O)O)c1. The molecule has 1 saturated carbocycles. The third-order valence-electron chi connectivity index (χ3n) is 15.6. The van der Waals surface area contributed by atoms with Gasteiger partial charge in [0.05, 0.1) is 57.7 Å². The molecule has 2 aliphatic rings. The number of amides is 3. The van der Waals surface area contributed by atoms with Crippen molar-refractivity contribution in [2.75, 3.05) is 10.6 Å². The van der Waals surface area contributed by atoms with Crippen LogP contribution < -0.4 is 25.0 Å². The molecule has 25 nitrogen and oxygen atoms in total. The molecule has 496 valence electrons. The van der Waals surface area contributed by atoms with Gasteiger partial charge in [0.25, 0.3) is 24.3 Å². The van der Waals surface area contributed by atoms with Crippen LogP contribution in [0.3, 0.4) is 0 Å². The lowest BCUT2D eigenvalue weighted by Gasteiger charge is -2.31. The number of hydrogen-bond acceptors (Lipinski definition) is 15. The first-order valence-corrected chi connectivity index (χ1v) is 31.6. The molecule has 36 heteroatoms. The molecule has 8 aromatic rings. The fourth-order valence-corrected chi connectivity index (χ4v) is 13.5. The van der Waals surface area contributed by atoms with Crippen molar-refractivity contribution in [1.82, 2.24) is 49.7 Å². The Labute approximate surface area is 529 Å². The molecule has 0 spiro atoms. The molecule has 10 rings (SSSR count). The van der Waals surface area contributed by atoms with Gasteiger partial charge in [-0.25, -0.2) is 59.1 Å². The number of fused-ring (bicyclic) bond motifs is 5. The standard InChI is InChI=1S/C58H51ClF8N11O14PS/c1-24-12-27(18-40(79)70-37(56(85)86)21-43(82)83)46(39(13-24)92-93(87,88)89)57(2,3)22-42(81)78(94(5,90)91)54-45-33(59)8-9-38(48(45)75(4)74-54)77-53(72-35-17-26(6-7-30(35)55(77)84)52-68-11-10-34(71-52)50(62)63)36(16-25-14-28(60)19-29(61)15-25)69-41(80)23-76-49-44(47(73-76)51(64)65)31-20-32(31)58(49,66)67/h6-15,17,19,31-32,36-37,50-51H,16,18,20-23H2,1-5H3,(H,69,80)(H,70,79)(H,82,83)(H,85,86)(H2,87,88,89)/t31-,32+,36-,37-/m0/s1. The second kappa shape index (κ2) is 24.9. The van der Waals surface area contributed by atoms with Crippen molar-refractivity contribution >= 4 is 86.7 Å². The van der Waals surface area contributed by atoms with Crippen molar-refractivity contribution in [3.05, 3.63) is 151 Å². The summed E-state index contributed by atoms with van der Waals surface area (Å²) in [7, 11) is -9.27. The minimum atomic E-state index is -5.52. The fraction of sp³-hybridized carbons (Fsp3) is 0.328. The first kappa shape index (κ1) is 67.6. The van der Waals surface area contributed by atoms with Crippen LogP contribution in [-0.4, -0.2) is 109 Å². The Bertz CT molecular complexity index is 4720. The maximum absolute atomic E-state index is 15.9. The van der Waals surface area contributed by atoms with Crippen LogP contribution in [0.1, 0.15) is 109 Å².